The number of carbonyl (C=O) groups is 2. The van der Waals surface area contributed by atoms with Crippen LogP contribution in [0.4, 0.5) is 0 Å². The van der Waals surface area contributed by atoms with Gasteiger partial charge in [0.05, 0.1) is 0 Å². The van der Waals surface area contributed by atoms with Crippen molar-refractivity contribution >= 4 is 45.2 Å². The Kier molecular flexibility index (Phi) is 8.15. The molecule has 0 aliphatic rings. The Morgan fingerprint density at radius 1 is 0.871 bits per heavy atom. The fraction of sp³-hybridized carbons (Fsp3) is 0.200. The van der Waals surface area contributed by atoms with E-state index in [2.05, 4.69) is 5.32 Å². The predicted molar refractivity (Wildman–Crippen MR) is 127 cm³/mol. The van der Waals surface area contributed by atoms with Crippen molar-refractivity contribution in [1.29, 1.82) is 0 Å². The van der Waals surface area contributed by atoms with Gasteiger partial charge in [-0.15, -0.1) is 0 Å². The van der Waals surface area contributed by atoms with Gasteiger partial charge in [-0.05, 0) is 0 Å². The molecule has 0 aliphatic heterocycles. The molecule has 0 fully saturated rings. The number of hydrogen-bond acceptors (Lipinski definition) is 3. The van der Waals surface area contributed by atoms with Crippen molar-refractivity contribution in [1.82, 2.24) is 5.32 Å². The van der Waals surface area contributed by atoms with E-state index in [9.17, 15) is 9.59 Å². The van der Waals surface area contributed by atoms with Gasteiger partial charge in [0.15, 0.2) is 0 Å². The summed E-state index contributed by atoms with van der Waals surface area (Å²) >= 11 is -4.15. The standard InChI is InChI=1S/C13H16NO3.2C6H5.ClH.Sn/c1-3-17-13(16)12(14-10(2)15)9-11-7-5-4-6-8-11;2*1-2-4-6-5-3-1;;/h4-9,12H,3H2,1-2H3,(H,14,15);2*1-5H;1H;/q;;;;+1/p-1. The van der Waals surface area contributed by atoms with E-state index in [4.69, 9.17) is 13.7 Å². The summed E-state index contributed by atoms with van der Waals surface area (Å²) < 4.78 is 7.02. The van der Waals surface area contributed by atoms with Gasteiger partial charge in [-0.2, -0.15) is 0 Å². The Labute approximate surface area is 191 Å². The molecule has 0 saturated heterocycles. The molecule has 160 valence electrons. The Balaban J connectivity index is 2.31. The molecule has 0 bridgehead atoms. The third-order valence-electron chi connectivity index (χ3n) is 5.21. The van der Waals surface area contributed by atoms with Crippen LogP contribution in [0.3, 0.4) is 0 Å². The summed E-state index contributed by atoms with van der Waals surface area (Å²) in [4.78, 5) is 25.3. The average Bonchev–Trinajstić information content (AvgIpc) is 2.80. The van der Waals surface area contributed by atoms with E-state index in [1.54, 1.807) is 6.92 Å². The number of esters is 1. The second-order valence-electron chi connectivity index (χ2n) is 7.26. The quantitative estimate of drug-likeness (QED) is 0.351. The first-order valence-corrected chi connectivity index (χ1v) is 18.4. The summed E-state index contributed by atoms with van der Waals surface area (Å²) in [6.45, 7) is 3.38. The van der Waals surface area contributed by atoms with Crippen LogP contribution in [-0.2, 0) is 14.3 Å². The minimum absolute atomic E-state index is 0.220. The van der Waals surface area contributed by atoms with E-state index in [1.165, 1.54) is 6.92 Å². The second-order valence-corrected chi connectivity index (χ2v) is 20.4. The Bertz CT molecular complexity index is 960. The summed E-state index contributed by atoms with van der Waals surface area (Å²) in [6, 6.07) is 28.7. The minimum atomic E-state index is -4.15. The van der Waals surface area contributed by atoms with E-state index >= 15 is 0 Å². The SMILES string of the molecule is CCOC(=O)C(NC(C)=O)[CH](c1ccccc1)[Sn]([Cl])([c]1ccccc1)[c]1ccccc1. The molecule has 3 aromatic rings. The molecular formula is C25H26ClNO3Sn. The zero-order valence-electron chi connectivity index (χ0n) is 17.6. The molecule has 0 saturated carbocycles. The summed E-state index contributed by atoms with van der Waals surface area (Å²) in [5.41, 5.74) is 0.910. The summed E-state index contributed by atoms with van der Waals surface area (Å²) in [7, 11) is 7.76. The van der Waals surface area contributed by atoms with E-state index in [1.807, 2.05) is 91.0 Å². The zero-order chi connectivity index (χ0) is 22.3. The second kappa shape index (κ2) is 10.8. The van der Waals surface area contributed by atoms with Crippen LogP contribution in [-0.4, -0.2) is 41.8 Å². The van der Waals surface area contributed by atoms with Crippen LogP contribution >= 0.6 is 8.92 Å². The molecule has 0 spiro atoms. The Morgan fingerprint density at radius 3 is 1.74 bits per heavy atom. The van der Waals surface area contributed by atoms with Crippen LogP contribution in [0.2, 0.25) is 0 Å². The topological polar surface area (TPSA) is 55.4 Å². The number of ether oxygens (including phenoxy) is 1. The normalized spacial score (nSPS) is 13.1. The fourth-order valence-electron chi connectivity index (χ4n) is 3.93. The maximum absolute atomic E-state index is 13.1. The van der Waals surface area contributed by atoms with E-state index < -0.39 is 33.2 Å². The number of halogens is 1. The Morgan fingerprint density at radius 2 is 1.32 bits per heavy atom. The average molecular weight is 543 g/mol. The molecule has 1 N–H and O–H groups in total. The first-order chi connectivity index (χ1) is 15.0. The molecule has 3 rings (SSSR count). The number of benzene rings is 3. The van der Waals surface area contributed by atoms with E-state index in [-0.39, 0.29) is 12.5 Å². The van der Waals surface area contributed by atoms with Crippen LogP contribution < -0.4 is 12.5 Å². The van der Waals surface area contributed by atoms with Gasteiger partial charge in [0.25, 0.3) is 0 Å². The Hall–Kier alpha value is -2.31. The van der Waals surface area contributed by atoms with Crippen molar-refractivity contribution in [3.63, 3.8) is 0 Å². The van der Waals surface area contributed by atoms with Gasteiger partial charge in [0.2, 0.25) is 0 Å². The molecule has 4 nitrogen and oxygen atoms in total. The monoisotopic (exact) mass is 543 g/mol. The van der Waals surface area contributed by atoms with Crippen LogP contribution in [0.25, 0.3) is 0 Å². The van der Waals surface area contributed by atoms with Gasteiger partial charge in [-0.25, -0.2) is 0 Å². The molecule has 1 amide bonds. The summed E-state index contributed by atoms with van der Waals surface area (Å²) in [5, 5.41) is 2.86. The van der Waals surface area contributed by atoms with Gasteiger partial charge in [-0.1, -0.05) is 0 Å². The zero-order valence-corrected chi connectivity index (χ0v) is 21.2. The van der Waals surface area contributed by atoms with Crippen LogP contribution in [0.5, 0.6) is 0 Å². The molecule has 3 aromatic carbocycles. The van der Waals surface area contributed by atoms with Gasteiger partial charge in [0.1, 0.15) is 0 Å². The molecule has 0 radical (unpaired) electrons. The number of amides is 1. The van der Waals surface area contributed by atoms with E-state index in [0.717, 1.165) is 12.7 Å². The number of carbonyl (C=O) groups excluding carboxylic acids is 2. The summed E-state index contributed by atoms with van der Waals surface area (Å²) in [6.07, 6.45) is 0. The predicted octanol–water partition coefficient (Wildman–Crippen LogP) is 3.38. The first kappa shape index (κ1) is 23.4. The van der Waals surface area contributed by atoms with E-state index in [0.29, 0.717) is 0 Å². The van der Waals surface area contributed by atoms with Crippen molar-refractivity contribution in [2.24, 2.45) is 0 Å². The first-order valence-electron chi connectivity index (χ1n) is 10.3. The van der Waals surface area contributed by atoms with Crippen LogP contribution in [0.15, 0.2) is 91.0 Å². The third kappa shape index (κ3) is 5.30. The molecule has 2 atom stereocenters. The molecule has 0 aliphatic carbocycles. The van der Waals surface area contributed by atoms with Gasteiger partial charge in [-0.3, -0.25) is 0 Å². The third-order valence-corrected chi connectivity index (χ3v) is 20.8. The molecule has 0 heterocycles. The fourth-order valence-corrected chi connectivity index (χ4v) is 18.0. The number of nitrogens with one attached hydrogen (secondary N) is 1. The number of rotatable bonds is 8. The van der Waals surface area contributed by atoms with Gasteiger partial charge >= 0.3 is 192 Å². The van der Waals surface area contributed by atoms with Gasteiger partial charge in [0, 0.05) is 0 Å². The summed E-state index contributed by atoms with van der Waals surface area (Å²) in [5.74, 6) is -0.773. The van der Waals surface area contributed by atoms with Crippen LogP contribution in [0.1, 0.15) is 23.3 Å². The van der Waals surface area contributed by atoms with Crippen molar-refractivity contribution < 1.29 is 14.3 Å². The van der Waals surface area contributed by atoms with Gasteiger partial charge < -0.3 is 0 Å². The van der Waals surface area contributed by atoms with Crippen molar-refractivity contribution in [3.05, 3.63) is 96.6 Å². The maximum atomic E-state index is 13.1. The molecule has 31 heavy (non-hydrogen) atoms. The molecule has 2 unspecified atom stereocenters. The van der Waals surface area contributed by atoms with Crippen LogP contribution in [0, 0.1) is 0 Å². The number of hydrogen-bond donors (Lipinski definition) is 1. The molecule has 6 heteroatoms. The van der Waals surface area contributed by atoms with Crippen molar-refractivity contribution in [2.75, 3.05) is 6.61 Å². The molecular weight excluding hydrogens is 516 g/mol. The van der Waals surface area contributed by atoms with Crippen molar-refractivity contribution in [2.45, 2.75) is 23.8 Å². The van der Waals surface area contributed by atoms with Crippen molar-refractivity contribution in [3.8, 4) is 0 Å². The molecule has 0 aromatic heterocycles.